The lowest BCUT2D eigenvalue weighted by Gasteiger charge is -2.35. The van der Waals surface area contributed by atoms with Crippen molar-refractivity contribution in [1.29, 1.82) is 0 Å². The standard InChI is InChI=1S/C15H23ClN2/c1-2-3-7-15(18-10-8-17-9-11-18)13-5-4-6-14(16)12-13/h4-6,12,15,17H,2-3,7-11H2,1H3/t15-/m1/s1. The summed E-state index contributed by atoms with van der Waals surface area (Å²) in [6.45, 7) is 6.74. The minimum Gasteiger partial charge on any atom is -0.314 e. The summed E-state index contributed by atoms with van der Waals surface area (Å²) in [4.78, 5) is 2.60. The van der Waals surface area contributed by atoms with E-state index in [2.05, 4.69) is 35.3 Å². The van der Waals surface area contributed by atoms with Crippen molar-refractivity contribution in [2.45, 2.75) is 32.2 Å². The van der Waals surface area contributed by atoms with Crippen LogP contribution in [-0.2, 0) is 0 Å². The van der Waals surface area contributed by atoms with Crippen LogP contribution in [0.15, 0.2) is 24.3 Å². The summed E-state index contributed by atoms with van der Waals surface area (Å²) in [5.41, 5.74) is 1.37. The quantitative estimate of drug-likeness (QED) is 0.878. The molecule has 1 saturated heterocycles. The Kier molecular flexibility index (Phi) is 5.48. The van der Waals surface area contributed by atoms with Gasteiger partial charge in [0.25, 0.3) is 0 Å². The molecule has 0 unspecified atom stereocenters. The number of nitrogens with one attached hydrogen (secondary N) is 1. The van der Waals surface area contributed by atoms with Crippen molar-refractivity contribution in [2.24, 2.45) is 0 Å². The Hall–Kier alpha value is -0.570. The summed E-state index contributed by atoms with van der Waals surface area (Å²) in [6.07, 6.45) is 3.76. The first-order valence-corrected chi connectivity index (χ1v) is 7.39. The highest BCUT2D eigenvalue weighted by Gasteiger charge is 2.21. The fourth-order valence-corrected chi connectivity index (χ4v) is 2.86. The zero-order valence-corrected chi connectivity index (χ0v) is 11.9. The maximum absolute atomic E-state index is 6.13. The van der Waals surface area contributed by atoms with Crippen LogP contribution in [0.4, 0.5) is 0 Å². The van der Waals surface area contributed by atoms with Gasteiger partial charge < -0.3 is 5.32 Å². The number of nitrogens with zero attached hydrogens (tertiary/aromatic N) is 1. The van der Waals surface area contributed by atoms with Crippen molar-refractivity contribution in [2.75, 3.05) is 26.2 Å². The highest BCUT2D eigenvalue weighted by molar-refractivity contribution is 6.30. The molecule has 0 radical (unpaired) electrons. The second-order valence-electron chi connectivity index (χ2n) is 5.00. The lowest BCUT2D eigenvalue weighted by atomic mass is 9.99. The Morgan fingerprint density at radius 1 is 1.33 bits per heavy atom. The van der Waals surface area contributed by atoms with Gasteiger partial charge in [0.15, 0.2) is 0 Å². The van der Waals surface area contributed by atoms with Gasteiger partial charge in [0.2, 0.25) is 0 Å². The molecule has 2 rings (SSSR count). The summed E-state index contributed by atoms with van der Waals surface area (Å²) in [7, 11) is 0. The van der Waals surface area contributed by atoms with Crippen molar-refractivity contribution in [3.8, 4) is 0 Å². The van der Waals surface area contributed by atoms with E-state index in [1.54, 1.807) is 0 Å². The van der Waals surface area contributed by atoms with Crippen molar-refractivity contribution in [3.63, 3.8) is 0 Å². The molecule has 2 nitrogen and oxygen atoms in total. The molecule has 100 valence electrons. The van der Waals surface area contributed by atoms with Crippen molar-refractivity contribution in [1.82, 2.24) is 10.2 Å². The Morgan fingerprint density at radius 3 is 2.78 bits per heavy atom. The van der Waals surface area contributed by atoms with Gasteiger partial charge in [0.1, 0.15) is 0 Å². The van der Waals surface area contributed by atoms with Crippen LogP contribution in [0, 0.1) is 0 Å². The Balaban J connectivity index is 2.12. The molecule has 0 amide bonds. The van der Waals surface area contributed by atoms with Gasteiger partial charge in [-0.3, -0.25) is 4.90 Å². The van der Waals surface area contributed by atoms with Crippen molar-refractivity contribution in [3.05, 3.63) is 34.9 Å². The van der Waals surface area contributed by atoms with Crippen LogP contribution in [0.2, 0.25) is 5.02 Å². The average molecular weight is 267 g/mol. The zero-order chi connectivity index (χ0) is 12.8. The maximum atomic E-state index is 6.13. The fourth-order valence-electron chi connectivity index (χ4n) is 2.67. The molecular formula is C15H23ClN2. The smallest absolute Gasteiger partial charge is 0.0409 e. The highest BCUT2D eigenvalue weighted by Crippen LogP contribution is 2.28. The number of unbranched alkanes of at least 4 members (excludes halogenated alkanes) is 1. The predicted molar refractivity (Wildman–Crippen MR) is 78.2 cm³/mol. The van der Waals surface area contributed by atoms with Gasteiger partial charge in [-0.2, -0.15) is 0 Å². The van der Waals surface area contributed by atoms with Gasteiger partial charge in [-0.1, -0.05) is 43.5 Å². The van der Waals surface area contributed by atoms with Crippen LogP contribution in [-0.4, -0.2) is 31.1 Å². The second-order valence-corrected chi connectivity index (χ2v) is 5.44. The number of halogens is 1. The summed E-state index contributed by atoms with van der Waals surface area (Å²) < 4.78 is 0. The van der Waals surface area contributed by atoms with E-state index in [0.717, 1.165) is 31.2 Å². The van der Waals surface area contributed by atoms with E-state index < -0.39 is 0 Å². The zero-order valence-electron chi connectivity index (χ0n) is 11.2. The SMILES string of the molecule is CCCC[C@H](c1cccc(Cl)c1)N1CCNCC1. The van der Waals surface area contributed by atoms with Crippen molar-refractivity contribution >= 4 is 11.6 Å². The lowest BCUT2D eigenvalue weighted by molar-refractivity contribution is 0.163. The molecule has 1 fully saturated rings. The molecule has 0 aliphatic carbocycles. The van der Waals surface area contributed by atoms with Gasteiger partial charge in [-0.05, 0) is 24.1 Å². The molecule has 1 aliphatic rings. The Labute approximate surface area is 115 Å². The maximum Gasteiger partial charge on any atom is 0.0409 e. The van der Waals surface area contributed by atoms with Crippen LogP contribution >= 0.6 is 11.6 Å². The molecule has 3 heteroatoms. The van der Waals surface area contributed by atoms with Gasteiger partial charge in [-0.15, -0.1) is 0 Å². The van der Waals surface area contributed by atoms with Crippen molar-refractivity contribution < 1.29 is 0 Å². The molecule has 1 atom stereocenters. The molecule has 1 heterocycles. The van der Waals surface area contributed by atoms with E-state index in [1.807, 2.05) is 6.07 Å². The van der Waals surface area contributed by atoms with E-state index in [0.29, 0.717) is 6.04 Å². The van der Waals surface area contributed by atoms with E-state index in [4.69, 9.17) is 11.6 Å². The third kappa shape index (κ3) is 3.71. The predicted octanol–water partition coefficient (Wildman–Crippen LogP) is 3.48. The summed E-state index contributed by atoms with van der Waals surface area (Å²) in [5.74, 6) is 0. The van der Waals surface area contributed by atoms with Gasteiger partial charge >= 0.3 is 0 Å². The van der Waals surface area contributed by atoms with E-state index in [-0.39, 0.29) is 0 Å². The minimum absolute atomic E-state index is 0.533. The fraction of sp³-hybridized carbons (Fsp3) is 0.600. The molecule has 1 aliphatic heterocycles. The Morgan fingerprint density at radius 2 is 2.11 bits per heavy atom. The first kappa shape index (κ1) is 13.9. The molecule has 0 saturated carbocycles. The van der Waals surface area contributed by atoms with Gasteiger partial charge in [0, 0.05) is 37.2 Å². The third-order valence-corrected chi connectivity index (χ3v) is 3.89. The summed E-state index contributed by atoms with van der Waals surface area (Å²) in [6, 6.07) is 8.90. The highest BCUT2D eigenvalue weighted by atomic mass is 35.5. The Bertz CT molecular complexity index is 361. The molecule has 1 N–H and O–H groups in total. The number of rotatable bonds is 5. The molecule has 0 bridgehead atoms. The molecule has 1 aromatic rings. The largest absolute Gasteiger partial charge is 0.314 e. The van der Waals surface area contributed by atoms with Crippen LogP contribution < -0.4 is 5.32 Å². The molecular weight excluding hydrogens is 244 g/mol. The third-order valence-electron chi connectivity index (χ3n) is 3.66. The van der Waals surface area contributed by atoms with Gasteiger partial charge in [-0.25, -0.2) is 0 Å². The van der Waals surface area contributed by atoms with E-state index >= 15 is 0 Å². The van der Waals surface area contributed by atoms with Crippen LogP contribution in [0.25, 0.3) is 0 Å². The van der Waals surface area contributed by atoms with E-state index in [1.165, 1.54) is 24.8 Å². The number of hydrogen-bond acceptors (Lipinski definition) is 2. The summed E-state index contributed by atoms with van der Waals surface area (Å²) in [5, 5.41) is 4.27. The summed E-state index contributed by atoms with van der Waals surface area (Å²) >= 11 is 6.13. The number of benzene rings is 1. The first-order chi connectivity index (χ1) is 8.81. The van der Waals surface area contributed by atoms with Crippen LogP contribution in [0.1, 0.15) is 37.8 Å². The van der Waals surface area contributed by atoms with Crippen LogP contribution in [0.5, 0.6) is 0 Å². The van der Waals surface area contributed by atoms with Crippen LogP contribution in [0.3, 0.4) is 0 Å². The molecule has 0 spiro atoms. The molecule has 0 aromatic heterocycles. The topological polar surface area (TPSA) is 15.3 Å². The number of piperazine rings is 1. The minimum atomic E-state index is 0.533. The lowest BCUT2D eigenvalue weighted by Crippen LogP contribution is -2.45. The van der Waals surface area contributed by atoms with Gasteiger partial charge in [0.05, 0.1) is 0 Å². The molecule has 18 heavy (non-hydrogen) atoms. The first-order valence-electron chi connectivity index (χ1n) is 7.01. The second kappa shape index (κ2) is 7.13. The monoisotopic (exact) mass is 266 g/mol. The average Bonchev–Trinajstić information content (AvgIpc) is 2.40. The van der Waals surface area contributed by atoms with E-state index in [9.17, 15) is 0 Å². The normalized spacial score (nSPS) is 18.8. The number of hydrogen-bond donors (Lipinski definition) is 1. The molecule has 1 aromatic carbocycles.